The maximum Gasteiger partial charge on any atom is 0.339 e. The second kappa shape index (κ2) is 13.5. The molecule has 0 radical (unpaired) electrons. The monoisotopic (exact) mass is 480 g/mol. The van der Waals surface area contributed by atoms with E-state index in [1.54, 1.807) is 19.9 Å². The molecule has 0 spiro atoms. The Hall–Kier alpha value is -3.14. The van der Waals surface area contributed by atoms with Crippen molar-refractivity contribution in [3.8, 4) is 5.75 Å². The van der Waals surface area contributed by atoms with Crippen molar-refractivity contribution in [2.24, 2.45) is 0 Å². The van der Waals surface area contributed by atoms with Crippen molar-refractivity contribution in [1.82, 2.24) is 0 Å². The van der Waals surface area contributed by atoms with E-state index in [-0.39, 0.29) is 37.2 Å². The van der Waals surface area contributed by atoms with Gasteiger partial charge >= 0.3 is 23.9 Å². The summed E-state index contributed by atoms with van der Waals surface area (Å²) in [5, 5.41) is 9.47. The second-order valence-electron chi connectivity index (χ2n) is 7.81. The van der Waals surface area contributed by atoms with Crippen LogP contribution in [0.25, 0.3) is 0 Å². The molecule has 0 amide bonds. The summed E-state index contributed by atoms with van der Waals surface area (Å²) >= 11 is 0. The largest absolute Gasteiger partial charge is 0.478 e. The topological polar surface area (TPSA) is 135 Å². The van der Waals surface area contributed by atoms with E-state index in [1.807, 2.05) is 6.92 Å². The minimum Gasteiger partial charge on any atom is -0.478 e. The first-order chi connectivity index (χ1) is 16.3. The molecule has 10 nitrogen and oxygen atoms in total. The van der Waals surface area contributed by atoms with Crippen LogP contribution in [-0.4, -0.2) is 60.2 Å². The van der Waals surface area contributed by atoms with Crippen LogP contribution < -0.4 is 4.74 Å². The highest BCUT2D eigenvalue weighted by molar-refractivity contribution is 5.90. The molecule has 1 saturated heterocycles. The van der Waals surface area contributed by atoms with E-state index in [1.165, 1.54) is 18.2 Å². The number of benzene rings is 1. The summed E-state index contributed by atoms with van der Waals surface area (Å²) < 4.78 is 28.2. The predicted octanol–water partition coefficient (Wildman–Crippen LogP) is 3.26. The molecule has 1 N–H and O–H groups in total. The average molecular weight is 481 g/mol. The third-order valence-corrected chi connectivity index (χ3v) is 4.92. The summed E-state index contributed by atoms with van der Waals surface area (Å²) in [5.74, 6) is -2.90. The molecule has 0 aromatic heterocycles. The van der Waals surface area contributed by atoms with Crippen LogP contribution in [0.2, 0.25) is 0 Å². The number of aromatic carboxylic acids is 1. The molecule has 4 atom stereocenters. The molecule has 1 fully saturated rings. The molecule has 0 aliphatic carbocycles. The first-order valence-corrected chi connectivity index (χ1v) is 11.5. The molecular formula is C24H32O10. The number of ether oxygens (including phenoxy) is 5. The van der Waals surface area contributed by atoms with E-state index in [2.05, 4.69) is 0 Å². The molecule has 0 saturated carbocycles. The van der Waals surface area contributed by atoms with Crippen LogP contribution in [0.5, 0.6) is 5.75 Å². The number of carbonyl (C=O) groups excluding carboxylic acids is 3. The summed E-state index contributed by atoms with van der Waals surface area (Å²) in [6.45, 7) is 5.21. The van der Waals surface area contributed by atoms with Crippen LogP contribution in [0.4, 0.5) is 0 Å². The van der Waals surface area contributed by atoms with Gasteiger partial charge in [-0.1, -0.05) is 32.9 Å². The van der Waals surface area contributed by atoms with Gasteiger partial charge in [-0.2, -0.15) is 0 Å². The zero-order chi connectivity index (χ0) is 25.1. The first-order valence-electron chi connectivity index (χ1n) is 11.5. The summed E-state index contributed by atoms with van der Waals surface area (Å²) in [7, 11) is 0. The first kappa shape index (κ1) is 27.1. The van der Waals surface area contributed by atoms with E-state index in [4.69, 9.17) is 23.7 Å². The van der Waals surface area contributed by atoms with Crippen molar-refractivity contribution in [2.75, 3.05) is 6.61 Å². The molecule has 0 bridgehead atoms. The zero-order valence-electron chi connectivity index (χ0n) is 19.7. The molecule has 10 heteroatoms. The van der Waals surface area contributed by atoms with Crippen molar-refractivity contribution in [1.29, 1.82) is 0 Å². The Bertz CT molecular complexity index is 852. The van der Waals surface area contributed by atoms with Crippen molar-refractivity contribution >= 4 is 23.9 Å². The number of esters is 3. The highest BCUT2D eigenvalue weighted by Crippen LogP contribution is 2.29. The lowest BCUT2D eigenvalue weighted by molar-refractivity contribution is -0.261. The zero-order valence-corrected chi connectivity index (χ0v) is 19.7. The van der Waals surface area contributed by atoms with Gasteiger partial charge in [0, 0.05) is 19.3 Å². The fourth-order valence-electron chi connectivity index (χ4n) is 3.35. The molecule has 2 rings (SSSR count). The number of carboxylic acid groups (broad SMARTS) is 1. The average Bonchev–Trinajstić information content (AvgIpc) is 2.78. The molecule has 1 aromatic carbocycles. The van der Waals surface area contributed by atoms with Crippen LogP contribution in [-0.2, 0) is 33.3 Å². The second-order valence-corrected chi connectivity index (χ2v) is 7.81. The number of hydrogen-bond donors (Lipinski definition) is 1. The van der Waals surface area contributed by atoms with Gasteiger partial charge in [-0.25, -0.2) is 4.79 Å². The van der Waals surface area contributed by atoms with E-state index >= 15 is 0 Å². The van der Waals surface area contributed by atoms with Gasteiger partial charge in [0.15, 0.2) is 12.2 Å². The fourth-order valence-corrected chi connectivity index (χ4v) is 3.35. The van der Waals surface area contributed by atoms with Gasteiger partial charge in [0.1, 0.15) is 11.3 Å². The van der Waals surface area contributed by atoms with Gasteiger partial charge in [-0.05, 0) is 31.4 Å². The van der Waals surface area contributed by atoms with Gasteiger partial charge in [0.25, 0.3) is 0 Å². The van der Waals surface area contributed by atoms with Gasteiger partial charge in [0.2, 0.25) is 12.4 Å². The van der Waals surface area contributed by atoms with E-state index < -0.39 is 48.5 Å². The Labute approximate surface area is 198 Å². The molecule has 34 heavy (non-hydrogen) atoms. The molecule has 0 unspecified atom stereocenters. The van der Waals surface area contributed by atoms with Crippen molar-refractivity contribution in [3.05, 3.63) is 29.8 Å². The normalized spacial score (nSPS) is 21.9. The number of para-hydroxylation sites is 1. The van der Waals surface area contributed by atoms with Gasteiger partial charge in [-0.3, -0.25) is 14.4 Å². The third kappa shape index (κ3) is 7.72. The highest BCUT2D eigenvalue weighted by atomic mass is 16.7. The summed E-state index contributed by atoms with van der Waals surface area (Å²) in [4.78, 5) is 48.5. The smallest absolute Gasteiger partial charge is 0.339 e. The van der Waals surface area contributed by atoms with Crippen LogP contribution in [0.15, 0.2) is 24.3 Å². The number of carboxylic acids is 1. The van der Waals surface area contributed by atoms with E-state index in [9.17, 15) is 24.3 Å². The Morgan fingerprint density at radius 1 is 0.853 bits per heavy atom. The van der Waals surface area contributed by atoms with Crippen molar-refractivity contribution in [2.45, 2.75) is 83.9 Å². The Kier molecular flexibility index (Phi) is 10.8. The van der Waals surface area contributed by atoms with Gasteiger partial charge in [-0.15, -0.1) is 0 Å². The minimum absolute atomic E-state index is 0.0170. The van der Waals surface area contributed by atoms with Crippen molar-refractivity contribution < 1.29 is 48.0 Å². The van der Waals surface area contributed by atoms with Gasteiger partial charge < -0.3 is 28.8 Å². The lowest BCUT2D eigenvalue weighted by Crippen LogP contribution is -2.59. The number of carbonyl (C=O) groups is 4. The van der Waals surface area contributed by atoms with Gasteiger partial charge in [0.05, 0.1) is 6.61 Å². The van der Waals surface area contributed by atoms with Crippen LogP contribution >= 0.6 is 0 Å². The minimum atomic E-state index is -1.30. The summed E-state index contributed by atoms with van der Waals surface area (Å²) in [6.07, 6.45) is -2.90. The SMILES string of the molecule is CCCC(=O)O[C@@H]1[C@@H](OC(=O)CCC)[C@H](Oc2ccccc2C(=O)O)OC[C@H]1OC(=O)CCC. The molecule has 1 aliphatic heterocycles. The Morgan fingerprint density at radius 2 is 1.38 bits per heavy atom. The standard InChI is InChI=1S/C24H32O10/c1-4-9-18(25)31-17-14-30-24(32-16-13-8-7-12-15(16)23(28)29)22(34-20(27)11-6-3)21(17)33-19(26)10-5-2/h7-8,12-13,17,21-22,24H,4-6,9-11,14H2,1-3H3,(H,28,29)/t17-,21+,22-,24+/m1/s1. The number of hydrogen-bond acceptors (Lipinski definition) is 9. The van der Waals surface area contributed by atoms with Crippen LogP contribution in [0.1, 0.15) is 69.7 Å². The van der Waals surface area contributed by atoms with E-state index in [0.717, 1.165) is 0 Å². The fraction of sp³-hybridized carbons (Fsp3) is 0.583. The quantitative estimate of drug-likeness (QED) is 0.351. The molecule has 1 heterocycles. The van der Waals surface area contributed by atoms with Crippen molar-refractivity contribution in [3.63, 3.8) is 0 Å². The van der Waals surface area contributed by atoms with Crippen LogP contribution in [0, 0.1) is 0 Å². The lowest BCUT2D eigenvalue weighted by atomic mass is 10.0. The maximum atomic E-state index is 12.4. The Morgan fingerprint density at radius 3 is 1.94 bits per heavy atom. The highest BCUT2D eigenvalue weighted by Gasteiger charge is 2.49. The third-order valence-electron chi connectivity index (χ3n) is 4.92. The maximum absolute atomic E-state index is 12.4. The lowest BCUT2D eigenvalue weighted by Gasteiger charge is -2.40. The molecule has 1 aromatic rings. The molecular weight excluding hydrogens is 448 g/mol. The molecule has 188 valence electrons. The predicted molar refractivity (Wildman–Crippen MR) is 118 cm³/mol. The number of rotatable bonds is 12. The summed E-state index contributed by atoms with van der Waals surface area (Å²) in [6, 6.07) is 5.90. The van der Waals surface area contributed by atoms with Crippen LogP contribution in [0.3, 0.4) is 0 Å². The molecule has 1 aliphatic rings. The van der Waals surface area contributed by atoms with E-state index in [0.29, 0.717) is 19.3 Å². The Balaban J connectivity index is 2.39. The summed E-state index contributed by atoms with van der Waals surface area (Å²) in [5.41, 5.74) is -0.124.